The Hall–Kier alpha value is -3.52. The number of aromatic nitrogens is 1. The summed E-state index contributed by atoms with van der Waals surface area (Å²) in [5.41, 5.74) is 10.0. The molecule has 2 aromatic carbocycles. The normalized spacial score (nSPS) is 11.8. The van der Waals surface area contributed by atoms with Gasteiger partial charge in [-0.05, 0) is 73.0 Å². The Morgan fingerprint density at radius 1 is 1.07 bits per heavy atom. The highest BCUT2D eigenvalue weighted by atomic mass is 16.1. The Kier molecular flexibility index (Phi) is 5.74. The van der Waals surface area contributed by atoms with Crippen molar-refractivity contribution < 1.29 is 4.79 Å². The van der Waals surface area contributed by atoms with Crippen LogP contribution in [0.4, 0.5) is 5.69 Å². The molecule has 1 heterocycles. The second kappa shape index (κ2) is 8.24. The predicted molar refractivity (Wildman–Crippen MR) is 119 cm³/mol. The first-order chi connectivity index (χ1) is 13.9. The van der Waals surface area contributed by atoms with Crippen molar-refractivity contribution in [1.29, 1.82) is 5.26 Å². The average molecular weight is 386 g/mol. The first kappa shape index (κ1) is 20.2. The lowest BCUT2D eigenvalue weighted by Crippen LogP contribution is -2.21. The summed E-state index contributed by atoms with van der Waals surface area (Å²) < 4.78 is 1.99. The highest BCUT2D eigenvalue weighted by Crippen LogP contribution is 2.30. The molecular formula is C24H26N4O. The van der Waals surface area contributed by atoms with Crippen LogP contribution < -0.4 is 10.6 Å². The highest BCUT2D eigenvalue weighted by Gasteiger charge is 2.15. The zero-order valence-electron chi connectivity index (χ0n) is 17.4. The van der Waals surface area contributed by atoms with Gasteiger partial charge in [0.2, 0.25) is 0 Å². The number of carbonyl (C=O) groups excluding carboxylic acids is 1. The minimum absolute atomic E-state index is 0.0137. The van der Waals surface area contributed by atoms with E-state index in [1.54, 1.807) is 6.92 Å². The van der Waals surface area contributed by atoms with Crippen LogP contribution in [0.1, 0.15) is 26.5 Å². The third-order valence-corrected chi connectivity index (χ3v) is 5.49. The SMILES string of the molecule is CCN(CC)c1ccc2cc(-c3ccc(/C(C)=C(\C#N)C(N)=O)n3C)ccc2c1. The molecule has 0 radical (unpaired) electrons. The van der Waals surface area contributed by atoms with Gasteiger partial charge < -0.3 is 15.2 Å². The van der Waals surface area contributed by atoms with E-state index < -0.39 is 5.91 Å². The molecule has 0 aliphatic carbocycles. The third-order valence-electron chi connectivity index (χ3n) is 5.49. The summed E-state index contributed by atoms with van der Waals surface area (Å²) in [4.78, 5) is 13.9. The number of nitrogens with two attached hydrogens (primary N) is 1. The van der Waals surface area contributed by atoms with Crippen molar-refractivity contribution in [1.82, 2.24) is 4.57 Å². The van der Waals surface area contributed by atoms with Crippen LogP contribution in [0.3, 0.4) is 0 Å². The van der Waals surface area contributed by atoms with Crippen LogP contribution in [0.2, 0.25) is 0 Å². The molecule has 0 bridgehead atoms. The molecule has 0 aliphatic rings. The van der Waals surface area contributed by atoms with E-state index in [1.807, 2.05) is 29.8 Å². The molecule has 29 heavy (non-hydrogen) atoms. The zero-order valence-corrected chi connectivity index (χ0v) is 17.4. The van der Waals surface area contributed by atoms with Crippen molar-refractivity contribution in [3.63, 3.8) is 0 Å². The molecule has 148 valence electrons. The van der Waals surface area contributed by atoms with Crippen LogP contribution in [0.5, 0.6) is 0 Å². The molecule has 3 rings (SSSR count). The quantitative estimate of drug-likeness (QED) is 0.501. The van der Waals surface area contributed by atoms with E-state index >= 15 is 0 Å². The molecule has 0 saturated carbocycles. The molecule has 0 atom stereocenters. The number of amides is 1. The van der Waals surface area contributed by atoms with E-state index in [0.29, 0.717) is 5.57 Å². The van der Waals surface area contributed by atoms with Gasteiger partial charge >= 0.3 is 0 Å². The van der Waals surface area contributed by atoms with Crippen LogP contribution in [-0.2, 0) is 11.8 Å². The fourth-order valence-electron chi connectivity index (χ4n) is 3.81. The number of rotatable bonds is 6. The van der Waals surface area contributed by atoms with Gasteiger partial charge in [-0.1, -0.05) is 18.2 Å². The van der Waals surface area contributed by atoms with Gasteiger partial charge in [0.05, 0.1) is 0 Å². The van der Waals surface area contributed by atoms with Crippen molar-refractivity contribution in [3.05, 3.63) is 59.8 Å². The number of hydrogen-bond donors (Lipinski definition) is 1. The molecule has 1 aromatic heterocycles. The van der Waals surface area contributed by atoms with Crippen molar-refractivity contribution in [2.24, 2.45) is 12.8 Å². The van der Waals surface area contributed by atoms with Gasteiger partial charge in [-0.3, -0.25) is 4.79 Å². The molecule has 3 aromatic rings. The third kappa shape index (κ3) is 3.74. The lowest BCUT2D eigenvalue weighted by molar-refractivity contribution is -0.114. The lowest BCUT2D eigenvalue weighted by Gasteiger charge is -2.21. The minimum Gasteiger partial charge on any atom is -0.372 e. The number of nitriles is 1. The predicted octanol–water partition coefficient (Wildman–Crippen LogP) is 4.47. The number of hydrogen-bond acceptors (Lipinski definition) is 3. The van der Waals surface area contributed by atoms with Gasteiger partial charge in [-0.2, -0.15) is 5.26 Å². The van der Waals surface area contributed by atoms with Crippen molar-refractivity contribution in [2.75, 3.05) is 18.0 Å². The maximum atomic E-state index is 11.5. The maximum absolute atomic E-state index is 11.5. The summed E-state index contributed by atoms with van der Waals surface area (Å²) in [6, 6.07) is 18.8. The van der Waals surface area contributed by atoms with Gasteiger partial charge in [0.1, 0.15) is 11.6 Å². The zero-order chi connectivity index (χ0) is 21.1. The van der Waals surface area contributed by atoms with E-state index in [-0.39, 0.29) is 5.57 Å². The first-order valence-corrected chi connectivity index (χ1v) is 9.77. The fourth-order valence-corrected chi connectivity index (χ4v) is 3.81. The molecule has 0 spiro atoms. The summed E-state index contributed by atoms with van der Waals surface area (Å²) in [5.74, 6) is -0.706. The number of carbonyl (C=O) groups is 1. The van der Waals surface area contributed by atoms with Gasteiger partial charge in [0.25, 0.3) is 5.91 Å². The summed E-state index contributed by atoms with van der Waals surface area (Å²) >= 11 is 0. The maximum Gasteiger partial charge on any atom is 0.259 e. The monoisotopic (exact) mass is 386 g/mol. The highest BCUT2D eigenvalue weighted by molar-refractivity contribution is 6.03. The number of fused-ring (bicyclic) bond motifs is 1. The van der Waals surface area contributed by atoms with Crippen LogP contribution in [-0.4, -0.2) is 23.6 Å². The van der Waals surface area contributed by atoms with Gasteiger partial charge in [-0.25, -0.2) is 0 Å². The summed E-state index contributed by atoms with van der Waals surface area (Å²) in [7, 11) is 1.93. The Balaban J connectivity index is 2.04. The lowest BCUT2D eigenvalue weighted by atomic mass is 10.0. The molecular weight excluding hydrogens is 360 g/mol. The van der Waals surface area contributed by atoms with E-state index in [9.17, 15) is 10.1 Å². The van der Waals surface area contributed by atoms with Crippen molar-refractivity contribution >= 4 is 27.9 Å². The van der Waals surface area contributed by atoms with Crippen LogP contribution >= 0.6 is 0 Å². The van der Waals surface area contributed by atoms with Gasteiger partial charge in [-0.15, -0.1) is 0 Å². The number of benzene rings is 2. The Morgan fingerprint density at radius 2 is 1.72 bits per heavy atom. The molecule has 2 N–H and O–H groups in total. The standard InChI is InChI=1S/C24H26N4O/c1-5-28(6-2)20-10-9-17-13-19(8-7-18(17)14-20)23-12-11-22(27(23)4)16(3)21(15-25)24(26)29/h7-14H,5-6H2,1-4H3,(H2,26,29)/b21-16+. The number of nitrogens with zero attached hydrogens (tertiary/aromatic N) is 3. The molecule has 0 fully saturated rings. The van der Waals surface area contributed by atoms with Gasteiger partial charge in [0.15, 0.2) is 0 Å². The number of primary amides is 1. The Morgan fingerprint density at radius 3 is 2.34 bits per heavy atom. The second-order valence-corrected chi connectivity index (χ2v) is 7.06. The van der Waals surface area contributed by atoms with Gasteiger partial charge in [0, 0.05) is 37.2 Å². The van der Waals surface area contributed by atoms with Crippen LogP contribution in [0.25, 0.3) is 27.6 Å². The molecule has 0 saturated heterocycles. The summed E-state index contributed by atoms with van der Waals surface area (Å²) in [6.45, 7) is 8.04. The van der Waals surface area contributed by atoms with E-state index in [2.05, 4.69) is 55.1 Å². The molecule has 0 unspecified atom stereocenters. The largest absolute Gasteiger partial charge is 0.372 e. The second-order valence-electron chi connectivity index (χ2n) is 7.06. The topological polar surface area (TPSA) is 75.1 Å². The Bertz CT molecular complexity index is 1140. The summed E-state index contributed by atoms with van der Waals surface area (Å²) in [6.07, 6.45) is 0. The van der Waals surface area contributed by atoms with Crippen LogP contribution in [0, 0.1) is 11.3 Å². The van der Waals surface area contributed by atoms with Crippen LogP contribution in [0.15, 0.2) is 54.1 Å². The minimum atomic E-state index is -0.706. The first-order valence-electron chi connectivity index (χ1n) is 9.77. The van der Waals surface area contributed by atoms with E-state index in [0.717, 1.165) is 30.0 Å². The summed E-state index contributed by atoms with van der Waals surface area (Å²) in [5, 5.41) is 11.6. The van der Waals surface area contributed by atoms with E-state index in [4.69, 9.17) is 5.73 Å². The Labute approximate surface area is 171 Å². The average Bonchev–Trinajstić information content (AvgIpc) is 3.10. The number of allylic oxidation sites excluding steroid dienone is 1. The number of anilines is 1. The van der Waals surface area contributed by atoms with E-state index in [1.165, 1.54) is 16.5 Å². The molecule has 0 aliphatic heterocycles. The molecule has 5 heteroatoms. The van der Waals surface area contributed by atoms with Crippen molar-refractivity contribution in [3.8, 4) is 17.3 Å². The smallest absolute Gasteiger partial charge is 0.259 e. The molecule has 1 amide bonds. The van der Waals surface area contributed by atoms with Crippen molar-refractivity contribution in [2.45, 2.75) is 20.8 Å². The fraction of sp³-hybridized carbons (Fsp3) is 0.250. The molecule has 5 nitrogen and oxygen atoms in total.